The van der Waals surface area contributed by atoms with Gasteiger partial charge in [0, 0.05) is 18.0 Å². The largest absolute Gasteiger partial charge is 0.494 e. The van der Waals surface area contributed by atoms with Gasteiger partial charge in [-0.1, -0.05) is 39.0 Å². The van der Waals surface area contributed by atoms with Gasteiger partial charge in [-0.3, -0.25) is 0 Å². The van der Waals surface area contributed by atoms with E-state index >= 15 is 0 Å². The molecule has 0 aliphatic rings. The van der Waals surface area contributed by atoms with E-state index in [1.54, 1.807) is 0 Å². The molecule has 23 heavy (non-hydrogen) atoms. The van der Waals surface area contributed by atoms with Crippen molar-refractivity contribution in [2.45, 2.75) is 58.8 Å². The summed E-state index contributed by atoms with van der Waals surface area (Å²) in [6, 6.07) is 7.94. The summed E-state index contributed by atoms with van der Waals surface area (Å²) in [5.74, 6) is 1.66. The van der Waals surface area contributed by atoms with Crippen LogP contribution in [0.3, 0.4) is 0 Å². The van der Waals surface area contributed by atoms with Gasteiger partial charge in [-0.25, -0.2) is 9.97 Å². The van der Waals surface area contributed by atoms with Crippen LogP contribution in [0.5, 0.6) is 5.75 Å². The Morgan fingerprint density at radius 3 is 2.13 bits per heavy atom. The van der Waals surface area contributed by atoms with Crippen LogP contribution >= 0.6 is 0 Å². The number of hydrogen-bond donors (Lipinski definition) is 0. The van der Waals surface area contributed by atoms with Crippen LogP contribution < -0.4 is 4.74 Å². The first-order valence-electron chi connectivity index (χ1n) is 8.87. The molecule has 0 bridgehead atoms. The Morgan fingerprint density at radius 1 is 0.826 bits per heavy atom. The number of hydrogen-bond acceptors (Lipinski definition) is 3. The molecule has 1 aromatic carbocycles. The predicted octanol–water partition coefficient (Wildman–Crippen LogP) is 5.45. The molecule has 124 valence electrons. The summed E-state index contributed by atoms with van der Waals surface area (Å²) in [5.41, 5.74) is 2.26. The van der Waals surface area contributed by atoms with Crippen LogP contribution in [-0.4, -0.2) is 16.6 Å². The molecule has 0 spiro atoms. The molecule has 0 fully saturated rings. The third kappa shape index (κ3) is 6.01. The highest BCUT2D eigenvalue weighted by Crippen LogP contribution is 2.19. The third-order valence-electron chi connectivity index (χ3n) is 3.95. The number of aromatic nitrogens is 2. The second kappa shape index (κ2) is 9.98. The molecule has 0 saturated carbocycles. The Kier molecular flexibility index (Phi) is 7.58. The SMILES string of the molecule is CCCCCCCCc1cnc(-c2ccc(OCC)cc2)nc1. The minimum atomic E-state index is 0.684. The molecule has 3 heteroatoms. The van der Waals surface area contributed by atoms with Crippen molar-refractivity contribution >= 4 is 0 Å². The molecule has 3 nitrogen and oxygen atoms in total. The van der Waals surface area contributed by atoms with E-state index in [1.165, 1.54) is 44.1 Å². The molecule has 0 amide bonds. The smallest absolute Gasteiger partial charge is 0.159 e. The number of nitrogens with zero attached hydrogens (tertiary/aromatic N) is 2. The van der Waals surface area contributed by atoms with Crippen LogP contribution in [0, 0.1) is 0 Å². The van der Waals surface area contributed by atoms with Crippen LogP contribution in [0.2, 0.25) is 0 Å². The topological polar surface area (TPSA) is 35.0 Å². The fraction of sp³-hybridized carbons (Fsp3) is 0.500. The molecule has 0 radical (unpaired) electrons. The lowest BCUT2D eigenvalue weighted by Crippen LogP contribution is -1.94. The normalized spacial score (nSPS) is 10.7. The maximum absolute atomic E-state index is 5.45. The lowest BCUT2D eigenvalue weighted by atomic mass is 10.1. The molecule has 1 aromatic heterocycles. The van der Waals surface area contributed by atoms with Crippen molar-refractivity contribution in [2.24, 2.45) is 0 Å². The number of benzene rings is 1. The predicted molar refractivity (Wildman–Crippen MR) is 95.7 cm³/mol. The van der Waals surface area contributed by atoms with Crippen LogP contribution in [0.4, 0.5) is 0 Å². The summed E-state index contributed by atoms with van der Waals surface area (Å²) >= 11 is 0. The van der Waals surface area contributed by atoms with Crippen molar-refractivity contribution in [2.75, 3.05) is 6.61 Å². The van der Waals surface area contributed by atoms with Gasteiger partial charge in [0.25, 0.3) is 0 Å². The second-order valence-corrected chi connectivity index (χ2v) is 5.89. The molecule has 0 saturated heterocycles. The molecule has 0 aliphatic heterocycles. The van der Waals surface area contributed by atoms with Crippen molar-refractivity contribution < 1.29 is 4.74 Å². The average Bonchev–Trinajstić information content (AvgIpc) is 2.60. The quantitative estimate of drug-likeness (QED) is 0.547. The van der Waals surface area contributed by atoms with Gasteiger partial charge in [0.2, 0.25) is 0 Å². The Balaban J connectivity index is 1.81. The Bertz CT molecular complexity index is 549. The Morgan fingerprint density at radius 2 is 1.48 bits per heavy atom. The summed E-state index contributed by atoms with van der Waals surface area (Å²) < 4.78 is 5.45. The third-order valence-corrected chi connectivity index (χ3v) is 3.95. The van der Waals surface area contributed by atoms with E-state index < -0.39 is 0 Å². The molecule has 0 aliphatic carbocycles. The van der Waals surface area contributed by atoms with Crippen molar-refractivity contribution in [3.63, 3.8) is 0 Å². The lowest BCUT2D eigenvalue weighted by molar-refractivity contribution is 0.340. The lowest BCUT2D eigenvalue weighted by Gasteiger charge is -2.05. The van der Waals surface area contributed by atoms with Crippen molar-refractivity contribution in [3.8, 4) is 17.1 Å². The zero-order chi connectivity index (χ0) is 16.3. The van der Waals surface area contributed by atoms with Gasteiger partial charge < -0.3 is 4.74 Å². The number of unbranched alkanes of at least 4 members (excludes halogenated alkanes) is 5. The Labute approximate surface area is 140 Å². The first-order valence-corrected chi connectivity index (χ1v) is 8.87. The summed E-state index contributed by atoms with van der Waals surface area (Å²) in [6.07, 6.45) is 12.9. The standard InChI is InChI=1S/C20H28N2O/c1-3-5-6-7-8-9-10-17-15-21-20(22-16-17)18-11-13-19(14-12-18)23-4-2/h11-16H,3-10H2,1-2H3. The van der Waals surface area contributed by atoms with Crippen LogP contribution in [0.25, 0.3) is 11.4 Å². The van der Waals surface area contributed by atoms with Crippen molar-refractivity contribution in [1.29, 1.82) is 0 Å². The minimum Gasteiger partial charge on any atom is -0.494 e. The highest BCUT2D eigenvalue weighted by atomic mass is 16.5. The maximum Gasteiger partial charge on any atom is 0.159 e. The van der Waals surface area contributed by atoms with Gasteiger partial charge in [0.15, 0.2) is 5.82 Å². The van der Waals surface area contributed by atoms with E-state index in [4.69, 9.17) is 4.74 Å². The number of ether oxygens (including phenoxy) is 1. The first-order chi connectivity index (χ1) is 11.3. The zero-order valence-corrected chi connectivity index (χ0v) is 14.4. The molecule has 2 rings (SSSR count). The van der Waals surface area contributed by atoms with E-state index in [2.05, 4.69) is 16.9 Å². The van der Waals surface area contributed by atoms with Gasteiger partial charge in [-0.05, 0) is 49.6 Å². The van der Waals surface area contributed by atoms with E-state index in [9.17, 15) is 0 Å². The summed E-state index contributed by atoms with van der Waals surface area (Å²) in [4.78, 5) is 9.00. The second-order valence-electron chi connectivity index (χ2n) is 5.89. The average molecular weight is 312 g/mol. The van der Waals surface area contributed by atoms with Crippen LogP contribution in [0.1, 0.15) is 57.9 Å². The van der Waals surface area contributed by atoms with Crippen molar-refractivity contribution in [1.82, 2.24) is 9.97 Å². The summed E-state index contributed by atoms with van der Waals surface area (Å²) in [6.45, 7) is 4.92. The Hall–Kier alpha value is -1.90. The fourth-order valence-corrected chi connectivity index (χ4v) is 2.61. The molecule has 0 atom stereocenters. The van der Waals surface area contributed by atoms with E-state index in [1.807, 2.05) is 43.6 Å². The minimum absolute atomic E-state index is 0.684. The highest BCUT2D eigenvalue weighted by molar-refractivity contribution is 5.55. The molecule has 2 aromatic rings. The number of rotatable bonds is 10. The van der Waals surface area contributed by atoms with E-state index in [0.717, 1.165) is 23.6 Å². The monoisotopic (exact) mass is 312 g/mol. The first kappa shape index (κ1) is 17.5. The van der Waals surface area contributed by atoms with Crippen LogP contribution in [-0.2, 0) is 6.42 Å². The van der Waals surface area contributed by atoms with Gasteiger partial charge >= 0.3 is 0 Å². The maximum atomic E-state index is 5.45. The van der Waals surface area contributed by atoms with Crippen LogP contribution in [0.15, 0.2) is 36.7 Å². The molecule has 0 unspecified atom stereocenters. The van der Waals surface area contributed by atoms with Gasteiger partial charge in [-0.2, -0.15) is 0 Å². The van der Waals surface area contributed by atoms with Gasteiger partial charge in [-0.15, -0.1) is 0 Å². The summed E-state index contributed by atoms with van der Waals surface area (Å²) in [7, 11) is 0. The van der Waals surface area contributed by atoms with Gasteiger partial charge in [0.05, 0.1) is 6.61 Å². The van der Waals surface area contributed by atoms with E-state index in [-0.39, 0.29) is 0 Å². The zero-order valence-electron chi connectivity index (χ0n) is 14.4. The van der Waals surface area contributed by atoms with E-state index in [0.29, 0.717) is 6.61 Å². The fourth-order valence-electron chi connectivity index (χ4n) is 2.61. The number of aryl methyl sites for hydroxylation is 1. The molecular weight excluding hydrogens is 284 g/mol. The van der Waals surface area contributed by atoms with Gasteiger partial charge in [0.1, 0.15) is 5.75 Å². The highest BCUT2D eigenvalue weighted by Gasteiger charge is 2.02. The molecular formula is C20H28N2O. The molecule has 1 heterocycles. The van der Waals surface area contributed by atoms with Crippen molar-refractivity contribution in [3.05, 3.63) is 42.2 Å². The molecule has 0 N–H and O–H groups in total. The summed E-state index contributed by atoms with van der Waals surface area (Å²) in [5, 5.41) is 0.